The summed E-state index contributed by atoms with van der Waals surface area (Å²) in [5, 5.41) is 29.9. The monoisotopic (exact) mass is 246 g/mol. The molecule has 0 radical (unpaired) electrons. The highest BCUT2D eigenvalue weighted by Gasteiger charge is 2.31. The summed E-state index contributed by atoms with van der Waals surface area (Å²) in [4.78, 5) is 0. The second-order valence-corrected chi connectivity index (χ2v) is 3.89. The molecule has 0 amide bonds. The molecule has 0 saturated heterocycles. The van der Waals surface area contributed by atoms with E-state index < -0.39 is 5.54 Å². The van der Waals surface area contributed by atoms with Gasteiger partial charge in [0, 0.05) is 12.1 Å². The topological polar surface area (TPSA) is 147 Å². The Kier molecular flexibility index (Phi) is 2.34. The molecule has 2 aromatic rings. The first-order valence-electron chi connectivity index (χ1n) is 5.18. The molecular weight excluding hydrogens is 236 g/mol. The zero-order valence-electron chi connectivity index (χ0n) is 9.20. The molecule has 0 aliphatic heterocycles. The molecule has 2 aromatic heterocycles. The standard InChI is InChI=1S/C8H10N10/c9-8(6-11-15-16-12-6)3-1-2-5(4-8)10-7-13-17-18-14-7/h1-3H,4,9H2,(H,11,12,15,16)(H2,10,13,14,17,18). The van der Waals surface area contributed by atoms with Crippen LogP contribution < -0.4 is 11.1 Å². The molecule has 10 nitrogen and oxygen atoms in total. The maximum atomic E-state index is 6.24. The molecule has 0 aromatic carbocycles. The van der Waals surface area contributed by atoms with E-state index in [4.69, 9.17) is 5.73 Å². The number of aromatic nitrogens is 8. The Balaban J connectivity index is 1.80. The van der Waals surface area contributed by atoms with Crippen molar-refractivity contribution in [2.75, 3.05) is 5.32 Å². The van der Waals surface area contributed by atoms with Crippen molar-refractivity contribution in [2.24, 2.45) is 5.73 Å². The molecule has 0 spiro atoms. The minimum absolute atomic E-state index is 0.453. The molecule has 3 rings (SSSR count). The van der Waals surface area contributed by atoms with E-state index in [0.29, 0.717) is 18.2 Å². The first kappa shape index (κ1) is 10.5. The molecule has 5 N–H and O–H groups in total. The molecule has 1 unspecified atom stereocenters. The van der Waals surface area contributed by atoms with E-state index in [1.165, 1.54) is 0 Å². The van der Waals surface area contributed by atoms with Crippen LogP contribution in [0.15, 0.2) is 23.9 Å². The molecule has 1 aliphatic rings. The van der Waals surface area contributed by atoms with Crippen molar-refractivity contribution >= 4 is 5.95 Å². The SMILES string of the molecule is NC1(c2nnn[nH]2)C=CC=C(Nc2nnn[nH]2)C1. The molecule has 0 saturated carbocycles. The molecule has 1 atom stereocenters. The second-order valence-electron chi connectivity index (χ2n) is 3.89. The summed E-state index contributed by atoms with van der Waals surface area (Å²) in [6.45, 7) is 0. The number of nitrogens with zero attached hydrogens (tertiary/aromatic N) is 6. The lowest BCUT2D eigenvalue weighted by molar-refractivity contribution is 0.513. The van der Waals surface area contributed by atoms with Gasteiger partial charge in [-0.05, 0) is 26.9 Å². The van der Waals surface area contributed by atoms with Crippen LogP contribution in [0.25, 0.3) is 0 Å². The van der Waals surface area contributed by atoms with Gasteiger partial charge < -0.3 is 11.1 Å². The summed E-state index contributed by atoms with van der Waals surface area (Å²) < 4.78 is 0. The molecule has 0 fully saturated rings. The number of H-pyrrole nitrogens is 2. The van der Waals surface area contributed by atoms with Gasteiger partial charge in [-0.25, -0.2) is 10.2 Å². The second kappa shape index (κ2) is 4.00. The summed E-state index contributed by atoms with van der Waals surface area (Å²) in [6.07, 6.45) is 6.05. The maximum absolute atomic E-state index is 6.24. The number of allylic oxidation sites excluding steroid dienone is 2. The van der Waals surface area contributed by atoms with Crippen molar-refractivity contribution < 1.29 is 0 Å². The van der Waals surface area contributed by atoms with Gasteiger partial charge in [0.25, 0.3) is 0 Å². The number of hydrogen-bond donors (Lipinski definition) is 4. The Labute approximate surface area is 101 Å². The van der Waals surface area contributed by atoms with Gasteiger partial charge in [0.15, 0.2) is 5.82 Å². The first-order chi connectivity index (χ1) is 8.76. The average molecular weight is 246 g/mol. The number of aromatic amines is 2. The fraction of sp³-hybridized carbons (Fsp3) is 0.250. The maximum Gasteiger partial charge on any atom is 0.244 e. The van der Waals surface area contributed by atoms with Gasteiger partial charge in [-0.15, -0.1) is 5.10 Å². The van der Waals surface area contributed by atoms with E-state index in [2.05, 4.69) is 46.6 Å². The average Bonchev–Trinajstić information content (AvgIpc) is 3.01. The predicted octanol–water partition coefficient (Wildman–Crippen LogP) is -1.18. The van der Waals surface area contributed by atoms with Gasteiger partial charge in [0.2, 0.25) is 5.95 Å². The third-order valence-corrected chi connectivity index (χ3v) is 2.58. The Morgan fingerprint density at radius 3 is 2.78 bits per heavy atom. The normalized spacial score (nSPS) is 22.8. The van der Waals surface area contributed by atoms with E-state index in [0.717, 1.165) is 5.70 Å². The first-order valence-corrected chi connectivity index (χ1v) is 5.18. The minimum atomic E-state index is -0.770. The number of hydrogen-bond acceptors (Lipinski definition) is 8. The van der Waals surface area contributed by atoms with Gasteiger partial charge in [-0.2, -0.15) is 0 Å². The van der Waals surface area contributed by atoms with Crippen LogP contribution in [0.4, 0.5) is 5.95 Å². The summed E-state index contributed by atoms with van der Waals surface area (Å²) in [5.41, 5.74) is 6.33. The van der Waals surface area contributed by atoms with E-state index in [1.807, 2.05) is 18.2 Å². The molecule has 1 aliphatic carbocycles. The summed E-state index contributed by atoms with van der Waals surface area (Å²) in [5.74, 6) is 0.955. The molecule has 0 bridgehead atoms. The van der Waals surface area contributed by atoms with Crippen LogP contribution >= 0.6 is 0 Å². The van der Waals surface area contributed by atoms with Crippen LogP contribution in [0.2, 0.25) is 0 Å². The predicted molar refractivity (Wildman–Crippen MR) is 59.7 cm³/mol. The van der Waals surface area contributed by atoms with Crippen LogP contribution in [0.1, 0.15) is 12.2 Å². The summed E-state index contributed by atoms with van der Waals surface area (Å²) in [6, 6.07) is 0. The number of tetrazole rings is 2. The lowest BCUT2D eigenvalue weighted by atomic mass is 9.89. The van der Waals surface area contributed by atoms with Gasteiger partial charge in [-0.3, -0.25) is 0 Å². The van der Waals surface area contributed by atoms with E-state index in [1.54, 1.807) is 0 Å². The van der Waals surface area contributed by atoms with Crippen LogP contribution in [0.3, 0.4) is 0 Å². The summed E-state index contributed by atoms with van der Waals surface area (Å²) in [7, 11) is 0. The Bertz CT molecular complexity index is 567. The third kappa shape index (κ3) is 1.84. The summed E-state index contributed by atoms with van der Waals surface area (Å²) >= 11 is 0. The van der Waals surface area contributed by atoms with Crippen molar-refractivity contribution in [3.8, 4) is 0 Å². The fourth-order valence-corrected chi connectivity index (χ4v) is 1.74. The van der Waals surface area contributed by atoms with Crippen molar-refractivity contribution in [2.45, 2.75) is 12.0 Å². The van der Waals surface area contributed by atoms with Crippen molar-refractivity contribution in [3.05, 3.63) is 29.7 Å². The van der Waals surface area contributed by atoms with Gasteiger partial charge in [0.05, 0.1) is 0 Å². The largest absolute Gasteiger partial charge is 0.327 e. The molecule has 18 heavy (non-hydrogen) atoms. The Morgan fingerprint density at radius 1 is 1.22 bits per heavy atom. The Morgan fingerprint density at radius 2 is 2.06 bits per heavy atom. The highest BCUT2D eigenvalue weighted by molar-refractivity contribution is 5.39. The highest BCUT2D eigenvalue weighted by atomic mass is 15.5. The van der Waals surface area contributed by atoms with E-state index >= 15 is 0 Å². The zero-order valence-corrected chi connectivity index (χ0v) is 9.20. The van der Waals surface area contributed by atoms with Crippen molar-refractivity contribution in [3.63, 3.8) is 0 Å². The zero-order chi connectivity index (χ0) is 12.4. The molecule has 92 valence electrons. The van der Waals surface area contributed by atoms with Gasteiger partial charge >= 0.3 is 0 Å². The van der Waals surface area contributed by atoms with Crippen molar-refractivity contribution in [1.29, 1.82) is 0 Å². The Hall–Kier alpha value is -2.62. The van der Waals surface area contributed by atoms with Gasteiger partial charge in [-0.1, -0.05) is 17.3 Å². The minimum Gasteiger partial charge on any atom is -0.327 e. The van der Waals surface area contributed by atoms with Crippen molar-refractivity contribution in [1.82, 2.24) is 41.2 Å². The van der Waals surface area contributed by atoms with Crippen LogP contribution in [0.5, 0.6) is 0 Å². The quantitative estimate of drug-likeness (QED) is 0.529. The third-order valence-electron chi connectivity index (χ3n) is 2.58. The molecule has 10 heteroatoms. The lowest BCUT2D eigenvalue weighted by Crippen LogP contribution is -2.38. The number of nitrogens with one attached hydrogen (secondary N) is 3. The fourth-order valence-electron chi connectivity index (χ4n) is 1.74. The molecular formula is C8H10N10. The van der Waals surface area contributed by atoms with E-state index in [-0.39, 0.29) is 0 Å². The highest BCUT2D eigenvalue weighted by Crippen LogP contribution is 2.27. The van der Waals surface area contributed by atoms with E-state index in [9.17, 15) is 0 Å². The number of rotatable bonds is 3. The van der Waals surface area contributed by atoms with Crippen LogP contribution in [-0.4, -0.2) is 41.2 Å². The lowest BCUT2D eigenvalue weighted by Gasteiger charge is -2.26. The number of anilines is 1. The smallest absolute Gasteiger partial charge is 0.244 e. The molecule has 2 heterocycles. The van der Waals surface area contributed by atoms with Crippen LogP contribution in [0, 0.1) is 0 Å². The number of nitrogens with two attached hydrogens (primary N) is 1. The van der Waals surface area contributed by atoms with Crippen LogP contribution in [-0.2, 0) is 5.54 Å². The van der Waals surface area contributed by atoms with Gasteiger partial charge in [0.1, 0.15) is 5.54 Å².